The van der Waals surface area contributed by atoms with E-state index in [1.165, 1.54) is 6.07 Å². The molecule has 140 valence electrons. The molecule has 0 amide bonds. The second-order valence-electron chi connectivity index (χ2n) is 6.07. The van der Waals surface area contributed by atoms with Gasteiger partial charge in [0, 0.05) is 11.8 Å². The molecule has 6 nitrogen and oxygen atoms in total. The molecule has 0 spiro atoms. The number of benzene rings is 3. The summed E-state index contributed by atoms with van der Waals surface area (Å²) in [5, 5.41) is 20.5. The molecule has 0 saturated heterocycles. The first-order chi connectivity index (χ1) is 13.7. The van der Waals surface area contributed by atoms with E-state index in [0.717, 1.165) is 0 Å². The summed E-state index contributed by atoms with van der Waals surface area (Å²) in [5.74, 6) is 0.805. The number of ether oxygens (including phenoxy) is 1. The second kappa shape index (κ2) is 7.44. The Kier molecular flexibility index (Phi) is 4.68. The molecule has 0 aliphatic heterocycles. The van der Waals surface area contributed by atoms with Crippen LogP contribution in [0.15, 0.2) is 70.1 Å². The van der Waals surface area contributed by atoms with Crippen LogP contribution in [0.2, 0.25) is 0 Å². The van der Waals surface area contributed by atoms with Gasteiger partial charge < -0.3 is 19.4 Å². The van der Waals surface area contributed by atoms with Crippen LogP contribution < -0.4 is 4.74 Å². The molecule has 28 heavy (non-hydrogen) atoms. The zero-order chi connectivity index (χ0) is 19.5. The van der Waals surface area contributed by atoms with Gasteiger partial charge in [-0.25, -0.2) is 4.98 Å². The second-order valence-corrected chi connectivity index (χ2v) is 6.07. The minimum Gasteiger partial charge on any atom is -0.507 e. The zero-order valence-electron chi connectivity index (χ0n) is 15.2. The SMILES string of the molecule is CCOc1cccc(C=Nc2ccc(O)c(-c3nc4ccccc4o3)c2)c1O. The zero-order valence-corrected chi connectivity index (χ0v) is 15.2. The third-order valence-corrected chi connectivity index (χ3v) is 4.19. The highest BCUT2D eigenvalue weighted by atomic mass is 16.5. The summed E-state index contributed by atoms with van der Waals surface area (Å²) in [4.78, 5) is 8.81. The van der Waals surface area contributed by atoms with Crippen LogP contribution in [0.4, 0.5) is 5.69 Å². The number of para-hydroxylation sites is 3. The Labute approximate surface area is 161 Å². The van der Waals surface area contributed by atoms with Gasteiger partial charge in [0.15, 0.2) is 17.1 Å². The highest BCUT2D eigenvalue weighted by Gasteiger charge is 2.13. The van der Waals surface area contributed by atoms with E-state index in [-0.39, 0.29) is 11.5 Å². The number of phenolic OH excluding ortho intramolecular Hbond substituents is 2. The minimum absolute atomic E-state index is 0.0334. The van der Waals surface area contributed by atoms with Crippen molar-refractivity contribution in [3.8, 4) is 28.7 Å². The lowest BCUT2D eigenvalue weighted by Crippen LogP contribution is -1.93. The van der Waals surface area contributed by atoms with Crippen LogP contribution >= 0.6 is 0 Å². The fourth-order valence-electron chi connectivity index (χ4n) is 2.82. The van der Waals surface area contributed by atoms with Gasteiger partial charge in [-0.1, -0.05) is 18.2 Å². The minimum atomic E-state index is 0.0334. The number of nitrogens with zero attached hydrogens (tertiary/aromatic N) is 2. The van der Waals surface area contributed by atoms with Crippen molar-refractivity contribution in [2.45, 2.75) is 6.92 Å². The van der Waals surface area contributed by atoms with E-state index in [1.54, 1.807) is 36.5 Å². The van der Waals surface area contributed by atoms with E-state index in [0.29, 0.717) is 46.2 Å². The van der Waals surface area contributed by atoms with Gasteiger partial charge in [-0.15, -0.1) is 0 Å². The Bertz CT molecular complexity index is 1130. The number of fused-ring (bicyclic) bond motifs is 1. The van der Waals surface area contributed by atoms with E-state index < -0.39 is 0 Å². The molecule has 0 radical (unpaired) electrons. The van der Waals surface area contributed by atoms with Crippen molar-refractivity contribution in [1.29, 1.82) is 0 Å². The van der Waals surface area contributed by atoms with E-state index in [4.69, 9.17) is 9.15 Å². The number of oxazole rings is 1. The van der Waals surface area contributed by atoms with Crippen LogP contribution in [0.5, 0.6) is 17.2 Å². The number of rotatable bonds is 5. The largest absolute Gasteiger partial charge is 0.507 e. The lowest BCUT2D eigenvalue weighted by molar-refractivity contribution is 0.318. The molecule has 0 atom stereocenters. The average Bonchev–Trinajstić information content (AvgIpc) is 3.14. The standard InChI is InChI=1S/C22H18N2O4/c1-2-27-20-9-5-6-14(21(20)26)13-23-15-10-11-18(25)16(12-15)22-24-17-7-3-4-8-19(17)28-22/h3-13,25-26H,2H2,1H3. The van der Waals surface area contributed by atoms with E-state index in [9.17, 15) is 10.2 Å². The molecule has 0 aliphatic rings. The monoisotopic (exact) mass is 374 g/mol. The fourth-order valence-corrected chi connectivity index (χ4v) is 2.82. The van der Waals surface area contributed by atoms with Crippen molar-refractivity contribution in [3.05, 3.63) is 66.2 Å². The van der Waals surface area contributed by atoms with Crippen LogP contribution in [-0.4, -0.2) is 28.0 Å². The molecule has 4 aromatic rings. The first-order valence-corrected chi connectivity index (χ1v) is 8.83. The van der Waals surface area contributed by atoms with Crippen molar-refractivity contribution in [1.82, 2.24) is 4.98 Å². The molecule has 0 bridgehead atoms. The van der Waals surface area contributed by atoms with Gasteiger partial charge in [-0.3, -0.25) is 4.99 Å². The Hall–Kier alpha value is -3.80. The molecule has 1 heterocycles. The van der Waals surface area contributed by atoms with Crippen LogP contribution in [0.25, 0.3) is 22.6 Å². The molecule has 0 fully saturated rings. The highest BCUT2D eigenvalue weighted by molar-refractivity contribution is 5.87. The highest BCUT2D eigenvalue weighted by Crippen LogP contribution is 2.34. The Morgan fingerprint density at radius 2 is 1.93 bits per heavy atom. The summed E-state index contributed by atoms with van der Waals surface area (Å²) in [6, 6.07) is 17.5. The first kappa shape index (κ1) is 17.6. The molecule has 0 saturated carbocycles. The number of phenols is 2. The Balaban J connectivity index is 1.68. The van der Waals surface area contributed by atoms with Crippen LogP contribution in [-0.2, 0) is 0 Å². The van der Waals surface area contributed by atoms with Gasteiger partial charge in [0.1, 0.15) is 11.3 Å². The van der Waals surface area contributed by atoms with Gasteiger partial charge in [0.25, 0.3) is 0 Å². The quantitative estimate of drug-likeness (QED) is 0.477. The summed E-state index contributed by atoms with van der Waals surface area (Å²) >= 11 is 0. The number of aromatic hydroxyl groups is 2. The molecule has 0 unspecified atom stereocenters. The topological polar surface area (TPSA) is 88.1 Å². The molecular formula is C22H18N2O4. The predicted octanol–water partition coefficient (Wildman–Crippen LogP) is 5.06. The number of aliphatic imine (C=N–C) groups is 1. The number of hydrogen-bond acceptors (Lipinski definition) is 6. The van der Waals surface area contributed by atoms with Crippen LogP contribution in [0.3, 0.4) is 0 Å². The molecule has 1 aromatic heterocycles. The molecule has 3 aromatic carbocycles. The van der Waals surface area contributed by atoms with Crippen LogP contribution in [0.1, 0.15) is 12.5 Å². The summed E-state index contributed by atoms with van der Waals surface area (Å²) < 4.78 is 11.1. The van der Waals surface area contributed by atoms with Gasteiger partial charge in [-0.05, 0) is 49.4 Å². The van der Waals surface area contributed by atoms with Gasteiger partial charge in [0.2, 0.25) is 5.89 Å². The van der Waals surface area contributed by atoms with E-state index in [2.05, 4.69) is 9.98 Å². The lowest BCUT2D eigenvalue weighted by Gasteiger charge is -2.07. The third-order valence-electron chi connectivity index (χ3n) is 4.19. The molecular weight excluding hydrogens is 356 g/mol. The van der Waals surface area contributed by atoms with Crippen molar-refractivity contribution in [3.63, 3.8) is 0 Å². The van der Waals surface area contributed by atoms with E-state index in [1.807, 2.05) is 31.2 Å². The van der Waals surface area contributed by atoms with Crippen molar-refractivity contribution < 1.29 is 19.4 Å². The summed E-state index contributed by atoms with van der Waals surface area (Å²) in [7, 11) is 0. The average molecular weight is 374 g/mol. The summed E-state index contributed by atoms with van der Waals surface area (Å²) in [6.07, 6.45) is 1.54. The number of hydrogen-bond donors (Lipinski definition) is 2. The predicted molar refractivity (Wildman–Crippen MR) is 108 cm³/mol. The maximum absolute atomic E-state index is 10.3. The molecule has 0 aliphatic carbocycles. The normalized spacial score (nSPS) is 11.3. The molecule has 6 heteroatoms. The number of aromatic nitrogens is 1. The van der Waals surface area contributed by atoms with Gasteiger partial charge >= 0.3 is 0 Å². The van der Waals surface area contributed by atoms with Crippen LogP contribution in [0, 0.1) is 0 Å². The summed E-state index contributed by atoms with van der Waals surface area (Å²) in [5.41, 5.74) is 2.91. The maximum atomic E-state index is 10.3. The first-order valence-electron chi connectivity index (χ1n) is 8.83. The molecule has 2 N–H and O–H groups in total. The summed E-state index contributed by atoms with van der Waals surface area (Å²) in [6.45, 7) is 2.31. The van der Waals surface area contributed by atoms with E-state index >= 15 is 0 Å². The fraction of sp³-hybridized carbons (Fsp3) is 0.0909. The lowest BCUT2D eigenvalue weighted by atomic mass is 10.1. The van der Waals surface area contributed by atoms with Crippen molar-refractivity contribution >= 4 is 23.0 Å². The van der Waals surface area contributed by atoms with Gasteiger partial charge in [0.05, 0.1) is 17.9 Å². The Morgan fingerprint density at radius 3 is 2.75 bits per heavy atom. The maximum Gasteiger partial charge on any atom is 0.231 e. The smallest absolute Gasteiger partial charge is 0.231 e. The van der Waals surface area contributed by atoms with Gasteiger partial charge in [-0.2, -0.15) is 0 Å². The van der Waals surface area contributed by atoms with Crippen molar-refractivity contribution in [2.75, 3.05) is 6.61 Å². The third kappa shape index (κ3) is 3.40. The van der Waals surface area contributed by atoms with Crippen molar-refractivity contribution in [2.24, 2.45) is 4.99 Å². The Morgan fingerprint density at radius 1 is 1.07 bits per heavy atom. The molecule has 4 rings (SSSR count).